The van der Waals surface area contributed by atoms with Gasteiger partial charge in [0.15, 0.2) is 0 Å². The van der Waals surface area contributed by atoms with Crippen LogP contribution >= 0.6 is 0 Å². The van der Waals surface area contributed by atoms with E-state index in [4.69, 9.17) is 4.74 Å². The Balaban J connectivity index is 1.57. The van der Waals surface area contributed by atoms with Crippen LogP contribution in [0.3, 0.4) is 0 Å². The number of fused-ring (bicyclic) bond motifs is 4. The van der Waals surface area contributed by atoms with E-state index in [9.17, 15) is 9.18 Å². The lowest BCUT2D eigenvalue weighted by Crippen LogP contribution is -2.66. The summed E-state index contributed by atoms with van der Waals surface area (Å²) in [4.78, 5) is 19.7. The van der Waals surface area contributed by atoms with Gasteiger partial charge in [-0.05, 0) is 63.4 Å². The number of nitrogens with zero attached hydrogens (tertiary/aromatic N) is 3. The molecule has 0 radical (unpaired) electrons. The maximum Gasteiger partial charge on any atom is 0.223 e. The molecule has 154 valence electrons. The lowest BCUT2D eigenvalue weighted by Gasteiger charge is -2.57. The first-order valence-electron chi connectivity index (χ1n) is 10.5. The predicted molar refractivity (Wildman–Crippen MR) is 107 cm³/mol. The van der Waals surface area contributed by atoms with Crippen LogP contribution in [0.25, 0.3) is 0 Å². The summed E-state index contributed by atoms with van der Waals surface area (Å²) in [6.45, 7) is 3.53. The van der Waals surface area contributed by atoms with Crippen LogP contribution in [0.2, 0.25) is 0 Å². The minimum atomic E-state index is -0.220. The Morgan fingerprint density at radius 3 is 2.79 bits per heavy atom. The number of likely N-dealkylation sites (tertiary alicyclic amines) is 1. The molecule has 0 spiro atoms. The molecular weight excluding hydrogens is 357 g/mol. The third kappa shape index (κ3) is 3.77. The number of piperidine rings is 3. The molecule has 0 N–H and O–H groups in total. The van der Waals surface area contributed by atoms with Crippen LogP contribution in [0, 0.1) is 17.7 Å². The van der Waals surface area contributed by atoms with Crippen LogP contribution in [-0.4, -0.2) is 73.5 Å². The first kappa shape index (κ1) is 19.6. The monoisotopic (exact) mass is 389 g/mol. The Bertz CT molecular complexity index is 726. The van der Waals surface area contributed by atoms with Crippen molar-refractivity contribution < 1.29 is 13.9 Å². The first-order valence-corrected chi connectivity index (χ1v) is 10.5. The van der Waals surface area contributed by atoms with E-state index in [-0.39, 0.29) is 11.9 Å². The Kier molecular flexibility index (Phi) is 5.61. The summed E-state index contributed by atoms with van der Waals surface area (Å²) < 4.78 is 19.3. The van der Waals surface area contributed by atoms with E-state index < -0.39 is 0 Å². The van der Waals surface area contributed by atoms with Gasteiger partial charge in [0, 0.05) is 50.2 Å². The van der Waals surface area contributed by atoms with Gasteiger partial charge in [-0.3, -0.25) is 9.69 Å². The average molecular weight is 390 g/mol. The molecule has 5 nitrogen and oxygen atoms in total. The highest BCUT2D eigenvalue weighted by Gasteiger charge is 2.49. The summed E-state index contributed by atoms with van der Waals surface area (Å²) >= 11 is 0. The van der Waals surface area contributed by atoms with Gasteiger partial charge in [0.25, 0.3) is 0 Å². The number of carbonyl (C=O) groups is 1. The van der Waals surface area contributed by atoms with Gasteiger partial charge in [-0.15, -0.1) is 0 Å². The number of amides is 1. The summed E-state index contributed by atoms with van der Waals surface area (Å²) in [5, 5.41) is 0. The number of ether oxygens (including phenoxy) is 1. The van der Waals surface area contributed by atoms with Crippen molar-refractivity contribution in [2.75, 3.05) is 40.8 Å². The van der Waals surface area contributed by atoms with Crippen molar-refractivity contribution in [2.24, 2.45) is 11.8 Å². The molecule has 4 rings (SSSR count). The molecule has 3 fully saturated rings. The number of methoxy groups -OCH3 is 1. The van der Waals surface area contributed by atoms with E-state index in [1.807, 2.05) is 0 Å². The fourth-order valence-corrected chi connectivity index (χ4v) is 5.72. The van der Waals surface area contributed by atoms with Crippen molar-refractivity contribution >= 4 is 5.91 Å². The molecule has 3 saturated heterocycles. The Hall–Kier alpha value is -1.66. The van der Waals surface area contributed by atoms with Crippen LogP contribution in [-0.2, 0) is 11.3 Å². The van der Waals surface area contributed by atoms with Crippen LogP contribution in [0.4, 0.5) is 4.39 Å². The SMILES string of the molecule is COc1ccc(F)cc1CN1C[C@H]2C[C@@H](C1)[C@H](CN(C)C)N1C(=O)CCC[C@@H]21. The van der Waals surface area contributed by atoms with Crippen molar-refractivity contribution in [3.05, 3.63) is 29.6 Å². The zero-order valence-electron chi connectivity index (χ0n) is 17.2. The third-order valence-corrected chi connectivity index (χ3v) is 6.76. The van der Waals surface area contributed by atoms with Crippen LogP contribution < -0.4 is 4.74 Å². The number of hydrogen-bond acceptors (Lipinski definition) is 4. The summed E-state index contributed by atoms with van der Waals surface area (Å²) in [5.41, 5.74) is 0.906. The van der Waals surface area contributed by atoms with Gasteiger partial charge in [0.1, 0.15) is 11.6 Å². The largest absolute Gasteiger partial charge is 0.496 e. The van der Waals surface area contributed by atoms with Gasteiger partial charge >= 0.3 is 0 Å². The minimum absolute atomic E-state index is 0.220. The molecule has 3 heterocycles. The summed E-state index contributed by atoms with van der Waals surface area (Å²) in [7, 11) is 5.82. The number of likely N-dealkylation sites (N-methyl/N-ethyl adjacent to an activating group) is 1. The fourth-order valence-electron chi connectivity index (χ4n) is 5.72. The third-order valence-electron chi connectivity index (χ3n) is 6.76. The molecule has 1 amide bonds. The van der Waals surface area contributed by atoms with Gasteiger partial charge < -0.3 is 14.5 Å². The summed E-state index contributed by atoms with van der Waals surface area (Å²) in [6, 6.07) is 5.40. The second-order valence-electron chi connectivity index (χ2n) is 9.00. The zero-order chi connectivity index (χ0) is 19.8. The van der Waals surface area contributed by atoms with E-state index >= 15 is 0 Å². The predicted octanol–water partition coefficient (Wildman–Crippen LogP) is 2.60. The highest BCUT2D eigenvalue weighted by molar-refractivity contribution is 5.78. The molecule has 6 heteroatoms. The molecule has 0 aromatic heterocycles. The maximum atomic E-state index is 13.8. The van der Waals surface area contributed by atoms with Crippen LogP contribution in [0.1, 0.15) is 31.2 Å². The lowest BCUT2D eigenvalue weighted by molar-refractivity contribution is -0.153. The van der Waals surface area contributed by atoms with E-state index in [0.717, 1.165) is 43.8 Å². The topological polar surface area (TPSA) is 36.0 Å². The molecule has 0 unspecified atom stereocenters. The summed E-state index contributed by atoms with van der Waals surface area (Å²) in [6.07, 6.45) is 4.02. The second kappa shape index (κ2) is 7.99. The zero-order valence-corrected chi connectivity index (χ0v) is 17.2. The minimum Gasteiger partial charge on any atom is -0.496 e. The van der Waals surface area contributed by atoms with E-state index in [2.05, 4.69) is 28.8 Å². The molecule has 2 bridgehead atoms. The first-order chi connectivity index (χ1) is 13.5. The number of hydrogen-bond donors (Lipinski definition) is 0. The van der Waals surface area contributed by atoms with Gasteiger partial charge in [0.2, 0.25) is 5.91 Å². The van der Waals surface area contributed by atoms with Crippen molar-refractivity contribution in [1.29, 1.82) is 0 Å². The molecule has 3 aliphatic rings. The number of benzene rings is 1. The van der Waals surface area contributed by atoms with Gasteiger partial charge in [-0.1, -0.05) is 0 Å². The van der Waals surface area contributed by atoms with E-state index in [1.165, 1.54) is 12.5 Å². The molecule has 0 aliphatic carbocycles. The molecule has 1 aromatic carbocycles. The highest BCUT2D eigenvalue weighted by Crippen LogP contribution is 2.42. The molecule has 28 heavy (non-hydrogen) atoms. The average Bonchev–Trinajstić information content (AvgIpc) is 2.65. The van der Waals surface area contributed by atoms with E-state index in [1.54, 1.807) is 19.2 Å². The molecular formula is C22H32FN3O2. The Morgan fingerprint density at radius 2 is 2.04 bits per heavy atom. The molecule has 1 aromatic rings. The second-order valence-corrected chi connectivity index (χ2v) is 9.00. The molecule has 4 atom stereocenters. The molecule has 0 saturated carbocycles. The lowest BCUT2D eigenvalue weighted by atomic mass is 9.72. The Morgan fingerprint density at radius 1 is 1.25 bits per heavy atom. The van der Waals surface area contributed by atoms with Crippen molar-refractivity contribution in [3.8, 4) is 5.75 Å². The van der Waals surface area contributed by atoms with E-state index in [0.29, 0.717) is 36.8 Å². The standard InChI is InChI=1S/C22H32FN3O2/c1-24(2)14-20-16-9-15(19-5-4-6-22(27)26(19)20)11-25(12-16)13-17-10-18(23)7-8-21(17)28-3/h7-8,10,15-16,19-20H,4-6,9,11-14H2,1-3H3/t15-,16+,19+,20+/m1/s1. The number of halogens is 1. The summed E-state index contributed by atoms with van der Waals surface area (Å²) in [5.74, 6) is 1.86. The Labute approximate surface area is 167 Å². The van der Waals surface area contributed by atoms with Crippen LogP contribution in [0.5, 0.6) is 5.75 Å². The molecule has 3 aliphatic heterocycles. The number of rotatable bonds is 5. The van der Waals surface area contributed by atoms with Gasteiger partial charge in [0.05, 0.1) is 7.11 Å². The normalized spacial score (nSPS) is 30.5. The quantitative estimate of drug-likeness (QED) is 0.776. The highest BCUT2D eigenvalue weighted by atomic mass is 19.1. The number of carbonyl (C=O) groups excluding carboxylic acids is 1. The fraction of sp³-hybridized carbons (Fsp3) is 0.682. The maximum absolute atomic E-state index is 13.8. The van der Waals surface area contributed by atoms with Crippen molar-refractivity contribution in [1.82, 2.24) is 14.7 Å². The van der Waals surface area contributed by atoms with Crippen molar-refractivity contribution in [3.63, 3.8) is 0 Å². The van der Waals surface area contributed by atoms with Gasteiger partial charge in [-0.2, -0.15) is 0 Å². The smallest absolute Gasteiger partial charge is 0.223 e. The van der Waals surface area contributed by atoms with Crippen LogP contribution in [0.15, 0.2) is 18.2 Å². The van der Waals surface area contributed by atoms with Gasteiger partial charge in [-0.25, -0.2) is 4.39 Å². The van der Waals surface area contributed by atoms with Crippen molar-refractivity contribution in [2.45, 2.75) is 44.3 Å².